The summed E-state index contributed by atoms with van der Waals surface area (Å²) < 4.78 is 38.4. The average molecular weight is 357 g/mol. The molecule has 0 saturated carbocycles. The van der Waals surface area contributed by atoms with Crippen molar-refractivity contribution in [2.75, 3.05) is 26.4 Å². The van der Waals surface area contributed by atoms with E-state index in [1.807, 2.05) is 19.9 Å². The lowest BCUT2D eigenvalue weighted by Crippen LogP contribution is -2.32. The van der Waals surface area contributed by atoms with Crippen LogP contribution in [0.3, 0.4) is 0 Å². The molecule has 1 saturated heterocycles. The standard InChI is InChI=1S/C17H27NO5S/c1-3-23-16-5-4-13(2)12-17(16)24(20,21)18-9-6-15(19)14-7-10-22-11-8-14/h4-5,12,14-15,18-19H,3,6-11H2,1-2H3. The van der Waals surface area contributed by atoms with E-state index in [2.05, 4.69) is 4.72 Å². The second-order valence-corrected chi connectivity index (χ2v) is 7.82. The molecule has 1 fully saturated rings. The highest BCUT2D eigenvalue weighted by Crippen LogP contribution is 2.25. The molecule has 1 aromatic rings. The van der Waals surface area contributed by atoms with Gasteiger partial charge in [0, 0.05) is 19.8 Å². The monoisotopic (exact) mass is 357 g/mol. The van der Waals surface area contributed by atoms with E-state index < -0.39 is 16.1 Å². The Morgan fingerprint density at radius 1 is 1.38 bits per heavy atom. The van der Waals surface area contributed by atoms with Crippen molar-refractivity contribution in [1.82, 2.24) is 4.72 Å². The smallest absolute Gasteiger partial charge is 0.244 e. The van der Waals surface area contributed by atoms with E-state index >= 15 is 0 Å². The highest BCUT2D eigenvalue weighted by Gasteiger charge is 2.24. The van der Waals surface area contributed by atoms with Gasteiger partial charge in [-0.3, -0.25) is 0 Å². The fourth-order valence-electron chi connectivity index (χ4n) is 2.86. The topological polar surface area (TPSA) is 84.9 Å². The van der Waals surface area contributed by atoms with Crippen molar-refractivity contribution in [2.45, 2.75) is 44.1 Å². The van der Waals surface area contributed by atoms with Gasteiger partial charge in [0.15, 0.2) is 0 Å². The lowest BCUT2D eigenvalue weighted by atomic mass is 9.92. The normalized spacial score (nSPS) is 17.6. The Morgan fingerprint density at radius 3 is 2.75 bits per heavy atom. The summed E-state index contributed by atoms with van der Waals surface area (Å²) in [6, 6.07) is 5.09. The van der Waals surface area contributed by atoms with Crippen LogP contribution in [-0.4, -0.2) is 46.0 Å². The molecule has 0 amide bonds. The molecule has 2 N–H and O–H groups in total. The zero-order valence-corrected chi connectivity index (χ0v) is 15.1. The van der Waals surface area contributed by atoms with Crippen LogP contribution in [0.5, 0.6) is 5.75 Å². The second kappa shape index (κ2) is 8.80. The number of aryl methyl sites for hydroxylation is 1. The minimum Gasteiger partial charge on any atom is -0.492 e. The van der Waals surface area contributed by atoms with E-state index in [0.717, 1.165) is 18.4 Å². The molecule has 1 aliphatic heterocycles. The van der Waals surface area contributed by atoms with Gasteiger partial charge in [-0.1, -0.05) is 6.07 Å². The molecule has 1 atom stereocenters. The van der Waals surface area contributed by atoms with Crippen molar-refractivity contribution in [3.8, 4) is 5.75 Å². The molecule has 0 aliphatic carbocycles. The van der Waals surface area contributed by atoms with Gasteiger partial charge >= 0.3 is 0 Å². The molecule has 0 bridgehead atoms. The zero-order chi connectivity index (χ0) is 17.6. The van der Waals surface area contributed by atoms with E-state index in [1.165, 1.54) is 0 Å². The maximum Gasteiger partial charge on any atom is 0.244 e. The van der Waals surface area contributed by atoms with Crippen molar-refractivity contribution in [3.63, 3.8) is 0 Å². The van der Waals surface area contributed by atoms with Crippen molar-refractivity contribution in [2.24, 2.45) is 5.92 Å². The molecule has 0 aromatic heterocycles. The maximum atomic E-state index is 12.5. The van der Waals surface area contributed by atoms with Gasteiger partial charge in [0.05, 0.1) is 12.7 Å². The van der Waals surface area contributed by atoms with E-state index in [-0.39, 0.29) is 17.4 Å². The molecular formula is C17H27NO5S. The Balaban J connectivity index is 1.97. The minimum atomic E-state index is -3.67. The van der Waals surface area contributed by atoms with Crippen molar-refractivity contribution < 1.29 is 23.0 Å². The number of ether oxygens (including phenoxy) is 2. The summed E-state index contributed by atoms with van der Waals surface area (Å²) in [5.41, 5.74) is 0.848. The van der Waals surface area contributed by atoms with Gasteiger partial charge in [-0.05, 0) is 56.7 Å². The lowest BCUT2D eigenvalue weighted by Gasteiger charge is -2.26. The van der Waals surface area contributed by atoms with Crippen LogP contribution in [0.25, 0.3) is 0 Å². The Kier molecular flexibility index (Phi) is 7.03. The third kappa shape index (κ3) is 5.17. The van der Waals surface area contributed by atoms with Crippen LogP contribution in [0.1, 0.15) is 31.7 Å². The van der Waals surface area contributed by atoms with Gasteiger partial charge in [0.1, 0.15) is 10.6 Å². The van der Waals surface area contributed by atoms with E-state index in [0.29, 0.717) is 32.0 Å². The van der Waals surface area contributed by atoms with Gasteiger partial charge in [-0.15, -0.1) is 0 Å². The van der Waals surface area contributed by atoms with Gasteiger partial charge in [0.2, 0.25) is 10.0 Å². The van der Waals surface area contributed by atoms with Crippen molar-refractivity contribution in [3.05, 3.63) is 23.8 Å². The van der Waals surface area contributed by atoms with Crippen LogP contribution in [0.15, 0.2) is 23.1 Å². The predicted octanol–water partition coefficient (Wildman–Crippen LogP) is 1.85. The predicted molar refractivity (Wildman–Crippen MR) is 91.7 cm³/mol. The number of benzene rings is 1. The average Bonchev–Trinajstić information content (AvgIpc) is 2.57. The van der Waals surface area contributed by atoms with Crippen LogP contribution in [0.4, 0.5) is 0 Å². The van der Waals surface area contributed by atoms with Crippen LogP contribution >= 0.6 is 0 Å². The van der Waals surface area contributed by atoms with Crippen LogP contribution in [-0.2, 0) is 14.8 Å². The fourth-order valence-corrected chi connectivity index (χ4v) is 4.13. The van der Waals surface area contributed by atoms with Gasteiger partial charge < -0.3 is 14.6 Å². The quantitative estimate of drug-likeness (QED) is 0.742. The molecule has 136 valence electrons. The summed E-state index contributed by atoms with van der Waals surface area (Å²) in [6.45, 7) is 5.56. The first-order valence-electron chi connectivity index (χ1n) is 8.43. The zero-order valence-electron chi connectivity index (χ0n) is 14.3. The molecule has 24 heavy (non-hydrogen) atoms. The van der Waals surface area contributed by atoms with E-state index in [1.54, 1.807) is 12.1 Å². The fraction of sp³-hybridized carbons (Fsp3) is 0.647. The largest absolute Gasteiger partial charge is 0.492 e. The highest BCUT2D eigenvalue weighted by molar-refractivity contribution is 7.89. The van der Waals surface area contributed by atoms with Crippen LogP contribution in [0.2, 0.25) is 0 Å². The minimum absolute atomic E-state index is 0.143. The lowest BCUT2D eigenvalue weighted by molar-refractivity contribution is 0.00567. The Morgan fingerprint density at radius 2 is 2.08 bits per heavy atom. The number of hydrogen-bond acceptors (Lipinski definition) is 5. The number of hydrogen-bond donors (Lipinski definition) is 2. The van der Waals surface area contributed by atoms with Crippen molar-refractivity contribution >= 4 is 10.0 Å². The number of aliphatic hydroxyl groups is 1. The molecule has 1 unspecified atom stereocenters. The number of aliphatic hydroxyl groups excluding tert-OH is 1. The molecule has 0 spiro atoms. The number of rotatable bonds is 8. The highest BCUT2D eigenvalue weighted by atomic mass is 32.2. The molecule has 1 heterocycles. The summed E-state index contributed by atoms with van der Waals surface area (Å²) in [7, 11) is -3.67. The van der Waals surface area contributed by atoms with Gasteiger partial charge in [0.25, 0.3) is 0 Å². The molecule has 1 aliphatic rings. The third-order valence-corrected chi connectivity index (χ3v) is 5.71. The van der Waals surface area contributed by atoms with E-state index in [4.69, 9.17) is 9.47 Å². The van der Waals surface area contributed by atoms with Crippen LogP contribution in [0, 0.1) is 12.8 Å². The summed E-state index contributed by atoms with van der Waals surface area (Å²) in [4.78, 5) is 0.143. The molecule has 2 rings (SSSR count). The summed E-state index contributed by atoms with van der Waals surface area (Å²) >= 11 is 0. The SMILES string of the molecule is CCOc1ccc(C)cc1S(=O)(=O)NCCC(O)C1CCOCC1. The van der Waals surface area contributed by atoms with Crippen molar-refractivity contribution in [1.29, 1.82) is 0 Å². The van der Waals surface area contributed by atoms with Crippen LogP contribution < -0.4 is 9.46 Å². The maximum absolute atomic E-state index is 12.5. The van der Waals surface area contributed by atoms with Gasteiger partial charge in [-0.2, -0.15) is 0 Å². The number of sulfonamides is 1. The molecule has 7 heteroatoms. The Hall–Kier alpha value is -1.15. The first kappa shape index (κ1) is 19.2. The summed E-state index contributed by atoms with van der Waals surface area (Å²) in [5.74, 6) is 0.529. The Labute approximate surface area is 144 Å². The molecule has 6 nitrogen and oxygen atoms in total. The molecule has 0 radical (unpaired) electrons. The second-order valence-electron chi connectivity index (χ2n) is 6.09. The number of nitrogens with one attached hydrogen (secondary N) is 1. The summed E-state index contributed by atoms with van der Waals surface area (Å²) in [5, 5.41) is 10.2. The first-order chi connectivity index (χ1) is 11.4. The Bertz CT molecular complexity index is 626. The van der Waals surface area contributed by atoms with E-state index in [9.17, 15) is 13.5 Å². The summed E-state index contributed by atoms with van der Waals surface area (Å²) in [6.07, 6.45) is 1.51. The first-order valence-corrected chi connectivity index (χ1v) is 9.91. The molecule has 1 aromatic carbocycles. The third-order valence-electron chi connectivity index (χ3n) is 4.23. The van der Waals surface area contributed by atoms with Gasteiger partial charge in [-0.25, -0.2) is 13.1 Å². The molecular weight excluding hydrogens is 330 g/mol.